The van der Waals surface area contributed by atoms with E-state index in [2.05, 4.69) is 9.88 Å². The quantitative estimate of drug-likeness (QED) is 0.712. The minimum Gasteiger partial charge on any atom is -0.350 e. The highest BCUT2D eigenvalue weighted by molar-refractivity contribution is 7.89. The molecule has 1 aliphatic heterocycles. The summed E-state index contributed by atoms with van der Waals surface area (Å²) in [6.07, 6.45) is 1.36. The fraction of sp³-hybridized carbons (Fsp3) is 0.600. The molecule has 0 spiro atoms. The van der Waals surface area contributed by atoms with E-state index in [9.17, 15) is 13.2 Å². The lowest BCUT2D eigenvalue weighted by Gasteiger charge is -2.31. The van der Waals surface area contributed by atoms with E-state index in [1.807, 2.05) is 7.05 Å². The Hall–Kier alpha value is -1.71. The number of hydrogen-bond acceptors (Lipinski definition) is 6. The van der Waals surface area contributed by atoms with E-state index in [4.69, 9.17) is 0 Å². The predicted molar refractivity (Wildman–Crippen MR) is 92.5 cm³/mol. The van der Waals surface area contributed by atoms with Crippen LogP contribution in [0.4, 0.5) is 5.82 Å². The SMILES string of the molecule is CN1CCN(S(=O)(=O)c2ccc(N(C)CC(=O)N(C)C)nc2)CC1. The van der Waals surface area contributed by atoms with Crippen molar-refractivity contribution < 1.29 is 13.2 Å². The summed E-state index contributed by atoms with van der Waals surface area (Å²) < 4.78 is 26.8. The molecule has 2 rings (SSSR count). The van der Waals surface area contributed by atoms with E-state index >= 15 is 0 Å². The number of piperazine rings is 1. The first kappa shape index (κ1) is 18.6. The monoisotopic (exact) mass is 355 g/mol. The van der Waals surface area contributed by atoms with Crippen LogP contribution in [0.25, 0.3) is 0 Å². The van der Waals surface area contributed by atoms with E-state index in [1.165, 1.54) is 15.4 Å². The van der Waals surface area contributed by atoms with Gasteiger partial charge in [0, 0.05) is 53.5 Å². The molecule has 1 aromatic heterocycles. The van der Waals surface area contributed by atoms with Crippen molar-refractivity contribution in [3.8, 4) is 0 Å². The van der Waals surface area contributed by atoms with Crippen molar-refractivity contribution >= 4 is 21.7 Å². The van der Waals surface area contributed by atoms with Gasteiger partial charge in [-0.2, -0.15) is 4.31 Å². The average molecular weight is 355 g/mol. The van der Waals surface area contributed by atoms with Crippen LogP contribution in [-0.2, 0) is 14.8 Å². The second-order valence-electron chi connectivity index (χ2n) is 6.20. The topological polar surface area (TPSA) is 77.1 Å². The van der Waals surface area contributed by atoms with Gasteiger partial charge in [-0.1, -0.05) is 0 Å². The van der Waals surface area contributed by atoms with Crippen molar-refractivity contribution in [1.82, 2.24) is 19.1 Å². The Morgan fingerprint density at radius 1 is 1.17 bits per heavy atom. The number of hydrogen-bond donors (Lipinski definition) is 0. The van der Waals surface area contributed by atoms with Crippen molar-refractivity contribution in [3.63, 3.8) is 0 Å². The van der Waals surface area contributed by atoms with Crippen LogP contribution in [0.5, 0.6) is 0 Å². The van der Waals surface area contributed by atoms with E-state index in [0.29, 0.717) is 18.9 Å². The van der Waals surface area contributed by atoms with Crippen molar-refractivity contribution in [2.24, 2.45) is 0 Å². The zero-order valence-electron chi connectivity index (χ0n) is 14.6. The molecule has 0 bridgehead atoms. The molecule has 0 N–H and O–H groups in total. The minimum absolute atomic E-state index is 0.0477. The Kier molecular flexibility index (Phi) is 5.79. The van der Waals surface area contributed by atoms with E-state index in [1.54, 1.807) is 38.2 Å². The molecule has 0 atom stereocenters. The fourth-order valence-electron chi connectivity index (χ4n) is 2.35. The predicted octanol–water partition coefficient (Wildman–Crippen LogP) is -0.458. The van der Waals surface area contributed by atoms with Crippen LogP contribution in [0.1, 0.15) is 0 Å². The number of amides is 1. The third-order valence-electron chi connectivity index (χ3n) is 4.08. The molecule has 2 heterocycles. The fourth-order valence-corrected chi connectivity index (χ4v) is 3.72. The highest BCUT2D eigenvalue weighted by atomic mass is 32.2. The second kappa shape index (κ2) is 7.45. The molecule has 24 heavy (non-hydrogen) atoms. The average Bonchev–Trinajstić information content (AvgIpc) is 2.55. The summed E-state index contributed by atoms with van der Waals surface area (Å²) in [7, 11) is 3.59. The van der Waals surface area contributed by atoms with Gasteiger partial charge in [-0.15, -0.1) is 0 Å². The van der Waals surface area contributed by atoms with E-state index in [0.717, 1.165) is 13.1 Å². The molecule has 9 heteroatoms. The smallest absolute Gasteiger partial charge is 0.244 e. The third-order valence-corrected chi connectivity index (χ3v) is 5.97. The number of rotatable bonds is 5. The number of carbonyl (C=O) groups excluding carboxylic acids is 1. The Labute approximate surface area is 143 Å². The van der Waals surface area contributed by atoms with Gasteiger partial charge in [-0.25, -0.2) is 13.4 Å². The Bertz CT molecular complexity index is 667. The van der Waals surface area contributed by atoms with Gasteiger partial charge >= 0.3 is 0 Å². The standard InChI is InChI=1S/C15H25N5O3S/c1-17(2)15(21)12-19(4)14-6-5-13(11-16-14)24(22,23)20-9-7-18(3)8-10-20/h5-6,11H,7-10,12H2,1-4H3. The van der Waals surface area contributed by atoms with Gasteiger partial charge in [-0.3, -0.25) is 4.79 Å². The summed E-state index contributed by atoms with van der Waals surface area (Å²) in [5.41, 5.74) is 0. The van der Waals surface area contributed by atoms with Crippen LogP contribution >= 0.6 is 0 Å². The van der Waals surface area contributed by atoms with E-state index < -0.39 is 10.0 Å². The number of likely N-dealkylation sites (N-methyl/N-ethyl adjacent to an activating group) is 3. The van der Waals surface area contributed by atoms with Gasteiger partial charge < -0.3 is 14.7 Å². The van der Waals surface area contributed by atoms with Gasteiger partial charge in [0.2, 0.25) is 15.9 Å². The van der Waals surface area contributed by atoms with Crippen molar-refractivity contribution in [2.75, 3.05) is 65.8 Å². The maximum Gasteiger partial charge on any atom is 0.244 e. The molecule has 0 unspecified atom stereocenters. The number of sulfonamides is 1. The van der Waals surface area contributed by atoms with Crippen molar-refractivity contribution in [2.45, 2.75) is 4.90 Å². The molecule has 1 amide bonds. The molecule has 0 radical (unpaired) electrons. The Morgan fingerprint density at radius 2 is 1.79 bits per heavy atom. The number of nitrogens with zero attached hydrogens (tertiary/aromatic N) is 5. The van der Waals surface area contributed by atoms with Crippen LogP contribution in [0.3, 0.4) is 0 Å². The zero-order chi connectivity index (χ0) is 17.9. The molecule has 134 valence electrons. The summed E-state index contributed by atoms with van der Waals surface area (Å²) in [5, 5.41) is 0. The molecule has 8 nitrogen and oxygen atoms in total. The highest BCUT2D eigenvalue weighted by Crippen LogP contribution is 2.19. The summed E-state index contributed by atoms with van der Waals surface area (Å²) >= 11 is 0. The first-order valence-corrected chi connectivity index (χ1v) is 9.22. The molecule has 1 saturated heterocycles. The molecule has 0 saturated carbocycles. The second-order valence-corrected chi connectivity index (χ2v) is 8.14. The first-order chi connectivity index (χ1) is 11.2. The number of aromatic nitrogens is 1. The number of carbonyl (C=O) groups is 1. The van der Waals surface area contributed by atoms with Crippen LogP contribution in [0, 0.1) is 0 Å². The maximum absolute atomic E-state index is 12.6. The van der Waals surface area contributed by atoms with Crippen molar-refractivity contribution in [1.29, 1.82) is 0 Å². The van der Waals surface area contributed by atoms with Gasteiger partial charge in [0.1, 0.15) is 10.7 Å². The molecule has 0 aliphatic carbocycles. The van der Waals surface area contributed by atoms with Crippen LogP contribution in [0.2, 0.25) is 0 Å². The van der Waals surface area contributed by atoms with Gasteiger partial charge in [-0.05, 0) is 19.2 Å². The summed E-state index contributed by atoms with van der Waals surface area (Å²) in [5.74, 6) is 0.510. The maximum atomic E-state index is 12.6. The van der Waals surface area contributed by atoms with Gasteiger partial charge in [0.15, 0.2) is 0 Å². The molecule has 1 aromatic rings. The Morgan fingerprint density at radius 3 is 2.29 bits per heavy atom. The summed E-state index contributed by atoms with van der Waals surface area (Å²) in [6.45, 7) is 2.60. The largest absolute Gasteiger partial charge is 0.350 e. The number of pyridine rings is 1. The highest BCUT2D eigenvalue weighted by Gasteiger charge is 2.27. The zero-order valence-corrected chi connectivity index (χ0v) is 15.5. The molecule has 0 aromatic carbocycles. The molecule has 1 aliphatic rings. The van der Waals surface area contributed by atoms with Crippen molar-refractivity contribution in [3.05, 3.63) is 18.3 Å². The van der Waals surface area contributed by atoms with Gasteiger partial charge in [0.05, 0.1) is 6.54 Å². The lowest BCUT2D eigenvalue weighted by atomic mass is 10.4. The number of anilines is 1. The molecule has 1 fully saturated rings. The molecular formula is C15H25N5O3S. The lowest BCUT2D eigenvalue weighted by Crippen LogP contribution is -2.47. The minimum atomic E-state index is -3.51. The third kappa shape index (κ3) is 4.22. The summed E-state index contributed by atoms with van der Waals surface area (Å²) in [6, 6.07) is 3.18. The summed E-state index contributed by atoms with van der Waals surface area (Å²) in [4.78, 5) is 21.4. The normalized spacial score (nSPS) is 16.8. The lowest BCUT2D eigenvalue weighted by molar-refractivity contribution is -0.127. The first-order valence-electron chi connectivity index (χ1n) is 7.78. The molecular weight excluding hydrogens is 330 g/mol. The van der Waals surface area contributed by atoms with Crippen LogP contribution in [-0.4, -0.2) is 94.3 Å². The van der Waals surface area contributed by atoms with E-state index in [-0.39, 0.29) is 17.3 Å². The Balaban J connectivity index is 2.09. The van der Waals surface area contributed by atoms with Crippen LogP contribution < -0.4 is 4.90 Å². The van der Waals surface area contributed by atoms with Crippen LogP contribution in [0.15, 0.2) is 23.2 Å². The van der Waals surface area contributed by atoms with Gasteiger partial charge in [0.25, 0.3) is 0 Å².